The highest BCUT2D eigenvalue weighted by Gasteiger charge is 2.23. The number of aromatic hydroxyl groups is 1. The van der Waals surface area contributed by atoms with Crippen LogP contribution in [0.2, 0.25) is 0 Å². The first-order chi connectivity index (χ1) is 12.4. The number of aromatic nitrogens is 1. The molecule has 1 aliphatic heterocycles. The number of phenolic OH excluding ortho intramolecular Hbond substituents is 1. The third-order valence-electron chi connectivity index (χ3n) is 4.89. The largest absolute Gasteiger partial charge is 0.508 e. The van der Waals surface area contributed by atoms with Gasteiger partial charge in [0.2, 0.25) is 0 Å². The van der Waals surface area contributed by atoms with Gasteiger partial charge in [-0.05, 0) is 44.0 Å². The molecule has 1 fully saturated rings. The molecule has 2 heterocycles. The molecule has 1 amide bonds. The molecule has 1 saturated heterocycles. The van der Waals surface area contributed by atoms with Crippen LogP contribution in [0.15, 0.2) is 41.3 Å². The first kappa shape index (κ1) is 18.2. The number of aryl methyl sites for hydroxylation is 2. The molecule has 0 bridgehead atoms. The lowest BCUT2D eigenvalue weighted by molar-refractivity contribution is 0.0899. The van der Waals surface area contributed by atoms with Crippen molar-refractivity contribution in [3.05, 3.63) is 63.6 Å². The average Bonchev–Trinajstić information content (AvgIpc) is 2.58. The zero-order chi connectivity index (χ0) is 18.7. The van der Waals surface area contributed by atoms with Crippen molar-refractivity contribution < 1.29 is 9.90 Å². The molecule has 1 atom stereocenters. The number of amides is 1. The normalized spacial score (nSPS) is 17.8. The second-order valence-corrected chi connectivity index (χ2v) is 7.02. The van der Waals surface area contributed by atoms with E-state index in [0.29, 0.717) is 0 Å². The van der Waals surface area contributed by atoms with Gasteiger partial charge in [-0.15, -0.1) is 0 Å². The van der Waals surface area contributed by atoms with Crippen molar-refractivity contribution in [1.29, 1.82) is 0 Å². The first-order valence-electron chi connectivity index (χ1n) is 8.91. The molecule has 6 nitrogen and oxygen atoms in total. The van der Waals surface area contributed by atoms with E-state index in [9.17, 15) is 14.7 Å². The van der Waals surface area contributed by atoms with Crippen LogP contribution in [0.4, 0.5) is 0 Å². The summed E-state index contributed by atoms with van der Waals surface area (Å²) in [4.78, 5) is 26.9. The van der Waals surface area contributed by atoms with Crippen molar-refractivity contribution in [2.75, 3.05) is 13.1 Å². The van der Waals surface area contributed by atoms with Crippen LogP contribution in [0.5, 0.6) is 5.75 Å². The summed E-state index contributed by atoms with van der Waals surface area (Å²) in [5.41, 5.74) is 1.81. The molecule has 0 aliphatic carbocycles. The van der Waals surface area contributed by atoms with E-state index in [1.165, 1.54) is 6.07 Å². The number of pyridine rings is 1. The van der Waals surface area contributed by atoms with E-state index < -0.39 is 0 Å². The molecule has 0 radical (unpaired) electrons. The number of hydrogen-bond donors (Lipinski definition) is 2. The van der Waals surface area contributed by atoms with E-state index in [-0.39, 0.29) is 28.7 Å². The summed E-state index contributed by atoms with van der Waals surface area (Å²) < 4.78 is 1.78. The zero-order valence-corrected chi connectivity index (χ0v) is 15.2. The molecule has 0 unspecified atom stereocenters. The predicted octanol–water partition coefficient (Wildman–Crippen LogP) is 1.79. The summed E-state index contributed by atoms with van der Waals surface area (Å²) in [6, 6.07) is 8.74. The summed E-state index contributed by atoms with van der Waals surface area (Å²) in [6.45, 7) is 4.25. The quantitative estimate of drug-likeness (QED) is 0.877. The van der Waals surface area contributed by atoms with E-state index in [1.54, 1.807) is 22.9 Å². The third-order valence-corrected chi connectivity index (χ3v) is 4.89. The molecule has 1 aliphatic rings. The van der Waals surface area contributed by atoms with E-state index in [1.807, 2.05) is 26.1 Å². The van der Waals surface area contributed by atoms with E-state index in [0.717, 1.165) is 43.7 Å². The lowest BCUT2D eigenvalue weighted by Crippen LogP contribution is -2.48. The van der Waals surface area contributed by atoms with Gasteiger partial charge in [-0.25, -0.2) is 0 Å². The zero-order valence-electron chi connectivity index (χ0n) is 15.2. The van der Waals surface area contributed by atoms with Crippen LogP contribution in [0.25, 0.3) is 0 Å². The first-order valence-corrected chi connectivity index (χ1v) is 8.91. The Balaban J connectivity index is 1.64. The number of likely N-dealkylation sites (tertiary alicyclic amines) is 1. The molecule has 3 rings (SSSR count). The Morgan fingerprint density at radius 1 is 1.35 bits per heavy atom. The van der Waals surface area contributed by atoms with Gasteiger partial charge in [0, 0.05) is 44.1 Å². The number of phenols is 1. The molecule has 2 N–H and O–H groups in total. The second-order valence-electron chi connectivity index (χ2n) is 7.02. The molecule has 0 spiro atoms. The fourth-order valence-electron chi connectivity index (χ4n) is 3.39. The van der Waals surface area contributed by atoms with Crippen molar-refractivity contribution in [3.63, 3.8) is 0 Å². The summed E-state index contributed by atoms with van der Waals surface area (Å²) in [7, 11) is 1.82. The van der Waals surface area contributed by atoms with E-state index in [2.05, 4.69) is 10.2 Å². The Bertz CT molecular complexity index is 860. The molecule has 138 valence electrons. The number of carbonyl (C=O) groups excluding carboxylic acids is 1. The monoisotopic (exact) mass is 355 g/mol. The number of benzene rings is 1. The second kappa shape index (κ2) is 7.74. The molecule has 26 heavy (non-hydrogen) atoms. The standard InChI is InChI=1S/C20H25N3O3/c1-14-9-19(25)18(13-22(14)2)20(26)21-16-6-4-8-23(12-16)11-15-5-3-7-17(24)10-15/h3,5,7,9-10,13,16,24H,4,6,8,11-12H2,1-2H3,(H,21,26)/t16-/m1/s1. The van der Waals surface area contributed by atoms with Crippen molar-refractivity contribution >= 4 is 5.91 Å². The minimum absolute atomic E-state index is 0.0135. The Morgan fingerprint density at radius 3 is 2.92 bits per heavy atom. The van der Waals surface area contributed by atoms with Crippen molar-refractivity contribution in [2.45, 2.75) is 32.4 Å². The minimum atomic E-state index is -0.310. The van der Waals surface area contributed by atoms with Gasteiger partial charge in [0.25, 0.3) is 5.91 Å². The smallest absolute Gasteiger partial charge is 0.257 e. The Hall–Kier alpha value is -2.60. The van der Waals surface area contributed by atoms with Crippen molar-refractivity contribution in [2.24, 2.45) is 7.05 Å². The van der Waals surface area contributed by atoms with Crippen molar-refractivity contribution in [3.8, 4) is 5.75 Å². The van der Waals surface area contributed by atoms with E-state index >= 15 is 0 Å². The van der Waals surface area contributed by atoms with Crippen LogP contribution in [-0.2, 0) is 13.6 Å². The highest BCUT2D eigenvalue weighted by atomic mass is 16.3. The van der Waals surface area contributed by atoms with Crippen LogP contribution < -0.4 is 10.7 Å². The maximum absolute atomic E-state index is 12.5. The molecule has 0 saturated carbocycles. The van der Waals surface area contributed by atoms with Gasteiger partial charge in [-0.1, -0.05) is 12.1 Å². The van der Waals surface area contributed by atoms with Gasteiger partial charge < -0.3 is 15.0 Å². The van der Waals surface area contributed by atoms with Crippen LogP contribution in [-0.4, -0.2) is 39.6 Å². The molecular formula is C20H25N3O3. The summed E-state index contributed by atoms with van der Waals surface area (Å²) in [5.74, 6) is -0.0469. The molecular weight excluding hydrogens is 330 g/mol. The van der Waals surface area contributed by atoms with Gasteiger partial charge in [0.1, 0.15) is 11.3 Å². The maximum atomic E-state index is 12.5. The topological polar surface area (TPSA) is 74.6 Å². The fourth-order valence-corrected chi connectivity index (χ4v) is 3.39. The van der Waals surface area contributed by atoms with Crippen LogP contribution in [0.3, 0.4) is 0 Å². The SMILES string of the molecule is Cc1cc(=O)c(C(=O)N[C@@H]2CCCN(Cc3cccc(O)c3)C2)cn1C. The average molecular weight is 355 g/mol. The fraction of sp³-hybridized carbons (Fsp3) is 0.400. The molecule has 1 aromatic carbocycles. The van der Waals surface area contributed by atoms with Gasteiger partial charge in [-0.2, -0.15) is 0 Å². The molecule has 2 aromatic rings. The van der Waals surface area contributed by atoms with Gasteiger partial charge in [-0.3, -0.25) is 14.5 Å². The van der Waals surface area contributed by atoms with Gasteiger partial charge in [0.05, 0.1) is 0 Å². The van der Waals surface area contributed by atoms with Gasteiger partial charge >= 0.3 is 0 Å². The number of carbonyl (C=O) groups is 1. The summed E-state index contributed by atoms with van der Waals surface area (Å²) in [6.07, 6.45) is 3.48. The predicted molar refractivity (Wildman–Crippen MR) is 100 cm³/mol. The van der Waals surface area contributed by atoms with Crippen LogP contribution >= 0.6 is 0 Å². The van der Waals surface area contributed by atoms with Gasteiger partial charge in [0.15, 0.2) is 5.43 Å². The molecule has 6 heteroatoms. The number of nitrogens with one attached hydrogen (secondary N) is 1. The van der Waals surface area contributed by atoms with Crippen LogP contribution in [0.1, 0.15) is 34.5 Å². The number of piperidine rings is 1. The van der Waals surface area contributed by atoms with Crippen molar-refractivity contribution in [1.82, 2.24) is 14.8 Å². The Labute approximate surface area is 153 Å². The molecule has 1 aromatic heterocycles. The van der Waals surface area contributed by atoms with Crippen LogP contribution in [0, 0.1) is 6.92 Å². The van der Waals surface area contributed by atoms with E-state index in [4.69, 9.17) is 0 Å². The third kappa shape index (κ3) is 4.32. The maximum Gasteiger partial charge on any atom is 0.257 e. The number of rotatable bonds is 4. The number of hydrogen-bond acceptors (Lipinski definition) is 4. The highest BCUT2D eigenvalue weighted by molar-refractivity contribution is 5.94. The lowest BCUT2D eigenvalue weighted by Gasteiger charge is -2.33. The lowest BCUT2D eigenvalue weighted by atomic mass is 10.0. The minimum Gasteiger partial charge on any atom is -0.508 e. The highest BCUT2D eigenvalue weighted by Crippen LogP contribution is 2.17. The Morgan fingerprint density at radius 2 is 2.15 bits per heavy atom. The summed E-state index contributed by atoms with van der Waals surface area (Å²) in [5, 5.41) is 12.6. The summed E-state index contributed by atoms with van der Waals surface area (Å²) >= 11 is 0. The number of nitrogens with zero attached hydrogens (tertiary/aromatic N) is 2. The Kier molecular flexibility index (Phi) is 5.42.